The summed E-state index contributed by atoms with van der Waals surface area (Å²) in [6.45, 7) is 3.03. The molecule has 1 aliphatic rings. The normalized spacial score (nSPS) is 21.6. The molecule has 1 saturated heterocycles. The zero-order valence-corrected chi connectivity index (χ0v) is 9.89. The summed E-state index contributed by atoms with van der Waals surface area (Å²) in [5.74, 6) is 0. The van der Waals surface area contributed by atoms with Gasteiger partial charge in [-0.05, 0) is 42.9 Å². The van der Waals surface area contributed by atoms with Gasteiger partial charge in [0.1, 0.15) is 0 Å². The van der Waals surface area contributed by atoms with E-state index in [9.17, 15) is 0 Å². The van der Waals surface area contributed by atoms with Crippen molar-refractivity contribution < 1.29 is 4.74 Å². The molecule has 15 heavy (non-hydrogen) atoms. The zero-order chi connectivity index (χ0) is 10.7. The van der Waals surface area contributed by atoms with Crippen LogP contribution in [0.4, 0.5) is 0 Å². The molecule has 0 bridgehead atoms. The van der Waals surface area contributed by atoms with Crippen LogP contribution in [0.15, 0.2) is 18.2 Å². The Bertz CT molecular complexity index is 329. The molecular weight excluding hydrogens is 208 g/mol. The van der Waals surface area contributed by atoms with E-state index in [4.69, 9.17) is 16.3 Å². The van der Waals surface area contributed by atoms with Gasteiger partial charge in [0.25, 0.3) is 0 Å². The minimum atomic E-state index is 0.293. The monoisotopic (exact) mass is 224 g/mol. The van der Waals surface area contributed by atoms with E-state index in [-0.39, 0.29) is 0 Å². The van der Waals surface area contributed by atoms with Crippen LogP contribution in [0, 0.1) is 0 Å². The fourth-order valence-electron chi connectivity index (χ4n) is 2.07. The Morgan fingerprint density at radius 1 is 1.40 bits per heavy atom. The van der Waals surface area contributed by atoms with E-state index in [0.29, 0.717) is 6.10 Å². The molecule has 1 aromatic carbocycles. The van der Waals surface area contributed by atoms with Crippen molar-refractivity contribution in [3.8, 4) is 0 Å². The van der Waals surface area contributed by atoms with E-state index in [1.54, 1.807) is 0 Å². The quantitative estimate of drug-likeness (QED) is 0.734. The molecule has 82 valence electrons. The molecule has 0 radical (unpaired) electrons. The third kappa shape index (κ3) is 2.53. The lowest BCUT2D eigenvalue weighted by Gasteiger charge is -2.23. The molecule has 0 N–H and O–H groups in total. The second-order valence-corrected chi connectivity index (χ2v) is 4.47. The molecule has 1 heterocycles. The van der Waals surface area contributed by atoms with Gasteiger partial charge in [-0.1, -0.05) is 30.7 Å². The smallest absolute Gasteiger partial charge is 0.0825 e. The van der Waals surface area contributed by atoms with Crippen molar-refractivity contribution >= 4 is 11.6 Å². The van der Waals surface area contributed by atoms with Crippen LogP contribution < -0.4 is 0 Å². The van der Waals surface area contributed by atoms with Crippen LogP contribution in [0.25, 0.3) is 0 Å². The molecule has 2 heteroatoms. The average molecular weight is 225 g/mol. The lowest BCUT2D eigenvalue weighted by molar-refractivity contribution is 0.0149. The second kappa shape index (κ2) is 5.00. The molecule has 1 aromatic rings. The van der Waals surface area contributed by atoms with Crippen LogP contribution in [-0.4, -0.2) is 6.61 Å². The van der Waals surface area contributed by atoms with Gasteiger partial charge in [-0.3, -0.25) is 0 Å². The highest BCUT2D eigenvalue weighted by Gasteiger charge is 2.16. The minimum Gasteiger partial charge on any atom is -0.374 e. The number of aryl methyl sites for hydroxylation is 1. The van der Waals surface area contributed by atoms with Gasteiger partial charge in [0.2, 0.25) is 0 Å². The number of ether oxygens (including phenoxy) is 1. The van der Waals surface area contributed by atoms with Crippen LogP contribution >= 0.6 is 11.6 Å². The van der Waals surface area contributed by atoms with E-state index >= 15 is 0 Å². The van der Waals surface area contributed by atoms with E-state index in [1.807, 2.05) is 6.07 Å². The van der Waals surface area contributed by atoms with E-state index in [1.165, 1.54) is 24.0 Å². The Balaban J connectivity index is 2.20. The first-order valence-electron chi connectivity index (χ1n) is 5.71. The molecule has 0 saturated carbocycles. The van der Waals surface area contributed by atoms with Crippen molar-refractivity contribution in [2.75, 3.05) is 6.61 Å². The number of hydrogen-bond acceptors (Lipinski definition) is 1. The highest BCUT2D eigenvalue weighted by atomic mass is 35.5. The van der Waals surface area contributed by atoms with Crippen molar-refractivity contribution in [2.24, 2.45) is 0 Å². The Kier molecular flexibility index (Phi) is 3.66. The molecule has 0 aliphatic carbocycles. The summed E-state index contributed by atoms with van der Waals surface area (Å²) in [6, 6.07) is 6.28. The van der Waals surface area contributed by atoms with Gasteiger partial charge in [-0.2, -0.15) is 0 Å². The van der Waals surface area contributed by atoms with E-state index < -0.39 is 0 Å². The van der Waals surface area contributed by atoms with Gasteiger partial charge in [-0.15, -0.1) is 0 Å². The van der Waals surface area contributed by atoms with Crippen LogP contribution in [0.5, 0.6) is 0 Å². The maximum absolute atomic E-state index is 6.09. The van der Waals surface area contributed by atoms with Gasteiger partial charge in [-0.25, -0.2) is 0 Å². The molecular formula is C13H17ClO. The number of benzene rings is 1. The fraction of sp³-hybridized carbons (Fsp3) is 0.538. The molecule has 2 rings (SSSR count). The lowest BCUT2D eigenvalue weighted by atomic mass is 9.99. The molecule has 1 nitrogen and oxygen atoms in total. The Morgan fingerprint density at radius 3 is 2.93 bits per heavy atom. The van der Waals surface area contributed by atoms with Gasteiger partial charge in [0, 0.05) is 11.6 Å². The van der Waals surface area contributed by atoms with Gasteiger partial charge >= 0.3 is 0 Å². The standard InChI is InChI=1S/C13H17ClO/c1-2-10-9-11(6-7-12(10)14)13-5-3-4-8-15-13/h6-7,9,13H,2-5,8H2,1H3. The topological polar surface area (TPSA) is 9.23 Å². The van der Waals surface area contributed by atoms with Crippen LogP contribution in [0.1, 0.15) is 43.4 Å². The maximum Gasteiger partial charge on any atom is 0.0825 e. The van der Waals surface area contributed by atoms with Gasteiger partial charge < -0.3 is 4.74 Å². The summed E-state index contributed by atoms with van der Waals surface area (Å²) in [7, 11) is 0. The number of hydrogen-bond donors (Lipinski definition) is 0. The predicted octanol–water partition coefficient (Wildman–Crippen LogP) is 4.14. The lowest BCUT2D eigenvalue weighted by Crippen LogP contribution is -2.11. The summed E-state index contributed by atoms with van der Waals surface area (Å²) in [4.78, 5) is 0. The Hall–Kier alpha value is -0.530. The van der Waals surface area contributed by atoms with E-state index in [2.05, 4.69) is 19.1 Å². The largest absolute Gasteiger partial charge is 0.374 e. The molecule has 1 aliphatic heterocycles. The van der Waals surface area contributed by atoms with Crippen molar-refractivity contribution in [3.05, 3.63) is 34.3 Å². The molecule has 1 atom stereocenters. The Labute approximate surface area is 96.4 Å². The zero-order valence-electron chi connectivity index (χ0n) is 9.13. The van der Waals surface area contributed by atoms with E-state index in [0.717, 1.165) is 24.5 Å². The summed E-state index contributed by atoms with van der Waals surface area (Å²) < 4.78 is 5.76. The van der Waals surface area contributed by atoms with Crippen molar-refractivity contribution in [3.63, 3.8) is 0 Å². The maximum atomic E-state index is 6.09. The molecule has 0 amide bonds. The first-order chi connectivity index (χ1) is 7.31. The third-order valence-electron chi connectivity index (χ3n) is 3.00. The van der Waals surface area contributed by atoms with Gasteiger partial charge in [0.15, 0.2) is 0 Å². The second-order valence-electron chi connectivity index (χ2n) is 4.06. The molecule has 1 fully saturated rings. The summed E-state index contributed by atoms with van der Waals surface area (Å²) >= 11 is 6.09. The molecule has 0 aromatic heterocycles. The predicted molar refractivity (Wildman–Crippen MR) is 63.4 cm³/mol. The van der Waals surface area contributed by atoms with Crippen molar-refractivity contribution in [1.82, 2.24) is 0 Å². The summed E-state index contributed by atoms with van der Waals surface area (Å²) in [6.07, 6.45) is 4.89. The highest BCUT2D eigenvalue weighted by molar-refractivity contribution is 6.31. The SMILES string of the molecule is CCc1cc(C2CCCCO2)ccc1Cl. The minimum absolute atomic E-state index is 0.293. The number of rotatable bonds is 2. The first kappa shape index (κ1) is 11.0. The molecule has 0 spiro atoms. The fourth-order valence-corrected chi connectivity index (χ4v) is 2.32. The molecule has 1 unspecified atom stereocenters. The highest BCUT2D eigenvalue weighted by Crippen LogP contribution is 2.30. The van der Waals surface area contributed by atoms with Crippen LogP contribution in [0.2, 0.25) is 5.02 Å². The van der Waals surface area contributed by atoms with Gasteiger partial charge in [0.05, 0.1) is 6.10 Å². The Morgan fingerprint density at radius 2 is 2.27 bits per heavy atom. The van der Waals surface area contributed by atoms with Crippen LogP contribution in [0.3, 0.4) is 0 Å². The number of halogens is 1. The van der Waals surface area contributed by atoms with Crippen molar-refractivity contribution in [1.29, 1.82) is 0 Å². The first-order valence-corrected chi connectivity index (χ1v) is 6.09. The average Bonchev–Trinajstić information content (AvgIpc) is 2.31. The third-order valence-corrected chi connectivity index (χ3v) is 3.37. The summed E-state index contributed by atoms with van der Waals surface area (Å²) in [5, 5.41) is 0.872. The van der Waals surface area contributed by atoms with Crippen molar-refractivity contribution in [2.45, 2.75) is 38.7 Å². The summed E-state index contributed by atoms with van der Waals surface area (Å²) in [5.41, 5.74) is 2.51. The van der Waals surface area contributed by atoms with Crippen LogP contribution in [-0.2, 0) is 11.2 Å².